The fraction of sp³-hybridized carbons (Fsp3) is 0.483. The lowest BCUT2D eigenvalue weighted by Crippen LogP contribution is -2.51. The summed E-state index contributed by atoms with van der Waals surface area (Å²) in [6.07, 6.45) is 1.05. The second-order valence-electron chi connectivity index (χ2n) is 10.5. The Bertz CT molecular complexity index is 1320. The number of rotatable bonds is 9. The molecule has 222 valence electrons. The van der Waals surface area contributed by atoms with Gasteiger partial charge in [0.25, 0.3) is 0 Å². The fourth-order valence-electron chi connectivity index (χ4n) is 5.44. The standard InChI is InChI=1S/C29H38N4O7S/c1-4-39-29(36)31-40-28(35)25(18-22-9-6-5-7-10-22)30-23-17-21(3)32(19-23)27(34)26-11-8-16-33(26)41(37,38)24-14-12-20(2)13-15-24/h5-7,9-10,12-15,21,23,25-26,30H,4,8,11,16-19H2,1-3H3,(H,31,36)/t21?,23?,25-,26-/m0/s1. The third kappa shape index (κ3) is 7.43. The average Bonchev–Trinajstić information content (AvgIpc) is 3.59. The van der Waals surface area contributed by atoms with Crippen LogP contribution in [-0.2, 0) is 35.6 Å². The zero-order valence-electron chi connectivity index (χ0n) is 23.6. The molecule has 0 spiro atoms. The van der Waals surface area contributed by atoms with Gasteiger partial charge in [-0.3, -0.25) is 10.1 Å². The van der Waals surface area contributed by atoms with Crippen molar-refractivity contribution >= 4 is 28.0 Å². The average molecular weight is 587 g/mol. The minimum atomic E-state index is -3.83. The van der Waals surface area contributed by atoms with Gasteiger partial charge in [0.2, 0.25) is 15.9 Å². The van der Waals surface area contributed by atoms with E-state index in [1.165, 1.54) is 4.31 Å². The van der Waals surface area contributed by atoms with E-state index >= 15 is 0 Å². The van der Waals surface area contributed by atoms with Crippen LogP contribution in [0.3, 0.4) is 0 Å². The highest BCUT2D eigenvalue weighted by Gasteiger charge is 2.44. The van der Waals surface area contributed by atoms with E-state index in [1.807, 2.05) is 49.7 Å². The van der Waals surface area contributed by atoms with Gasteiger partial charge in [-0.25, -0.2) is 18.0 Å². The maximum absolute atomic E-state index is 13.7. The van der Waals surface area contributed by atoms with E-state index in [4.69, 9.17) is 9.57 Å². The molecule has 0 aliphatic carbocycles. The summed E-state index contributed by atoms with van der Waals surface area (Å²) < 4.78 is 32.9. The topological polar surface area (TPSA) is 134 Å². The molecule has 2 aliphatic rings. The van der Waals surface area contributed by atoms with Crippen LogP contribution in [0.25, 0.3) is 0 Å². The number of hydrogen-bond acceptors (Lipinski definition) is 8. The van der Waals surface area contributed by atoms with Crippen LogP contribution in [0.5, 0.6) is 0 Å². The maximum atomic E-state index is 13.7. The molecule has 2 unspecified atom stereocenters. The first-order valence-electron chi connectivity index (χ1n) is 13.9. The van der Waals surface area contributed by atoms with E-state index in [-0.39, 0.29) is 36.0 Å². The zero-order valence-corrected chi connectivity index (χ0v) is 24.4. The van der Waals surface area contributed by atoms with Gasteiger partial charge < -0.3 is 14.5 Å². The van der Waals surface area contributed by atoms with E-state index < -0.39 is 34.2 Å². The van der Waals surface area contributed by atoms with Crippen molar-refractivity contribution in [2.75, 3.05) is 19.7 Å². The number of carbonyl (C=O) groups is 3. The fourth-order valence-corrected chi connectivity index (χ4v) is 7.09. The second kappa shape index (κ2) is 13.5. The molecule has 2 amide bonds. The molecule has 12 heteroatoms. The molecule has 2 N–H and O–H groups in total. The number of nitrogens with zero attached hydrogens (tertiary/aromatic N) is 2. The van der Waals surface area contributed by atoms with Crippen molar-refractivity contribution in [1.29, 1.82) is 0 Å². The van der Waals surface area contributed by atoms with E-state index in [9.17, 15) is 22.8 Å². The van der Waals surface area contributed by atoms with Crippen molar-refractivity contribution in [2.45, 2.75) is 75.5 Å². The zero-order chi connectivity index (χ0) is 29.6. The number of benzene rings is 2. The second-order valence-corrected chi connectivity index (χ2v) is 12.4. The predicted molar refractivity (Wildman–Crippen MR) is 151 cm³/mol. The van der Waals surface area contributed by atoms with E-state index in [0.29, 0.717) is 32.2 Å². The van der Waals surface area contributed by atoms with Crippen molar-refractivity contribution in [3.63, 3.8) is 0 Å². The van der Waals surface area contributed by atoms with Crippen LogP contribution in [0.1, 0.15) is 44.2 Å². The van der Waals surface area contributed by atoms with Crippen LogP contribution < -0.4 is 10.8 Å². The highest BCUT2D eigenvalue weighted by molar-refractivity contribution is 7.89. The van der Waals surface area contributed by atoms with Gasteiger partial charge in [-0.15, -0.1) is 5.48 Å². The molecule has 2 aromatic carbocycles. The molecule has 0 bridgehead atoms. The molecule has 0 saturated carbocycles. The van der Waals surface area contributed by atoms with Gasteiger partial charge >= 0.3 is 12.1 Å². The highest BCUT2D eigenvalue weighted by Crippen LogP contribution is 2.30. The van der Waals surface area contributed by atoms with Crippen LogP contribution in [0.4, 0.5) is 4.79 Å². The first kappa shape index (κ1) is 30.5. The monoisotopic (exact) mass is 586 g/mol. The number of carbonyl (C=O) groups excluding carboxylic acids is 3. The summed E-state index contributed by atoms with van der Waals surface area (Å²) in [5.41, 5.74) is 3.85. The SMILES string of the molecule is CCOC(=O)NOC(=O)[C@H](Cc1ccccc1)NC1CC(C)N(C(=O)[C@@H]2CCCN2S(=O)(=O)c2ccc(C)cc2)C1. The van der Waals surface area contributed by atoms with Crippen LogP contribution in [-0.4, -0.2) is 79.5 Å². The molecule has 4 atom stereocenters. The van der Waals surface area contributed by atoms with Crippen molar-refractivity contribution in [3.8, 4) is 0 Å². The molecular formula is C29H38N4O7S. The Morgan fingerprint density at radius 1 is 1.07 bits per heavy atom. The molecular weight excluding hydrogens is 548 g/mol. The smallest absolute Gasteiger partial charge is 0.440 e. The summed E-state index contributed by atoms with van der Waals surface area (Å²) in [5.74, 6) is -0.924. The predicted octanol–water partition coefficient (Wildman–Crippen LogP) is 2.54. The normalized spacial score (nSPS) is 21.8. The van der Waals surface area contributed by atoms with Crippen molar-refractivity contribution in [2.24, 2.45) is 0 Å². The quantitative estimate of drug-likeness (QED) is 0.428. The van der Waals surface area contributed by atoms with E-state index in [2.05, 4.69) is 5.32 Å². The van der Waals surface area contributed by atoms with Gasteiger partial charge in [-0.1, -0.05) is 48.0 Å². The van der Waals surface area contributed by atoms with Gasteiger partial charge in [0.05, 0.1) is 11.5 Å². The molecule has 2 fully saturated rings. The van der Waals surface area contributed by atoms with Gasteiger partial charge in [0, 0.05) is 25.2 Å². The van der Waals surface area contributed by atoms with E-state index in [0.717, 1.165) is 11.1 Å². The Balaban J connectivity index is 1.44. The molecule has 2 aliphatic heterocycles. The first-order valence-corrected chi connectivity index (χ1v) is 15.4. The molecule has 11 nitrogen and oxygen atoms in total. The minimum Gasteiger partial charge on any atom is -0.448 e. The lowest BCUT2D eigenvalue weighted by atomic mass is 10.0. The Labute approximate surface area is 241 Å². The first-order chi connectivity index (χ1) is 19.6. The molecule has 41 heavy (non-hydrogen) atoms. The van der Waals surface area contributed by atoms with E-state index in [1.54, 1.807) is 36.1 Å². The number of hydrogen-bond donors (Lipinski definition) is 2. The third-order valence-electron chi connectivity index (χ3n) is 7.49. The van der Waals surface area contributed by atoms with Crippen LogP contribution in [0, 0.1) is 6.92 Å². The number of likely N-dealkylation sites (tertiary alicyclic amines) is 1. The minimum absolute atomic E-state index is 0.129. The number of ether oxygens (including phenoxy) is 1. The van der Waals surface area contributed by atoms with Crippen LogP contribution in [0.2, 0.25) is 0 Å². The van der Waals surface area contributed by atoms with Crippen molar-refractivity contribution in [1.82, 2.24) is 20.0 Å². The maximum Gasteiger partial charge on any atom is 0.440 e. The van der Waals surface area contributed by atoms with Gasteiger partial charge in [0.1, 0.15) is 12.1 Å². The Morgan fingerprint density at radius 2 is 1.78 bits per heavy atom. The van der Waals surface area contributed by atoms with Crippen LogP contribution in [0.15, 0.2) is 59.5 Å². The summed E-state index contributed by atoms with van der Waals surface area (Å²) >= 11 is 0. The number of hydroxylamine groups is 1. The van der Waals surface area contributed by atoms with Gasteiger partial charge in [-0.05, 0) is 64.2 Å². The molecule has 0 radical (unpaired) electrons. The number of sulfonamides is 1. The molecule has 2 saturated heterocycles. The van der Waals surface area contributed by atoms with Crippen molar-refractivity contribution < 1.29 is 32.4 Å². The van der Waals surface area contributed by atoms with Crippen LogP contribution >= 0.6 is 0 Å². The van der Waals surface area contributed by atoms with Crippen molar-refractivity contribution in [3.05, 3.63) is 65.7 Å². The third-order valence-corrected chi connectivity index (χ3v) is 9.41. The summed E-state index contributed by atoms with van der Waals surface area (Å²) in [5, 5.41) is 3.31. The summed E-state index contributed by atoms with van der Waals surface area (Å²) in [7, 11) is -3.83. The highest BCUT2D eigenvalue weighted by atomic mass is 32.2. The van der Waals surface area contributed by atoms with Gasteiger partial charge in [0.15, 0.2) is 0 Å². The molecule has 2 heterocycles. The number of aryl methyl sites for hydroxylation is 1. The Hall–Kier alpha value is -3.48. The Morgan fingerprint density at radius 3 is 2.46 bits per heavy atom. The summed E-state index contributed by atoms with van der Waals surface area (Å²) in [4.78, 5) is 45.2. The lowest BCUT2D eigenvalue weighted by molar-refractivity contribution is -0.152. The van der Waals surface area contributed by atoms with Gasteiger partial charge in [-0.2, -0.15) is 4.31 Å². The number of amides is 2. The largest absolute Gasteiger partial charge is 0.448 e. The lowest BCUT2D eigenvalue weighted by Gasteiger charge is -2.30. The molecule has 4 rings (SSSR count). The Kier molecular flexibility index (Phi) is 10.0. The molecule has 2 aromatic rings. The summed E-state index contributed by atoms with van der Waals surface area (Å²) in [6.45, 7) is 6.16. The summed E-state index contributed by atoms with van der Waals surface area (Å²) in [6, 6.07) is 14.0. The number of nitrogens with one attached hydrogen (secondary N) is 2. The molecule has 0 aromatic heterocycles.